The fraction of sp³-hybridized carbons (Fsp3) is 0.727. The standard InChI is InChI=1S/C11H18N2O5/c1-11(2)3-8(12-5-7(15)6-14)10(13(17)18)9(16)4-11/h7,12,14-15H,3-6H2,1-2H3/t7-/m1/s1. The normalized spacial score (nSPS) is 20.8. The summed E-state index contributed by atoms with van der Waals surface area (Å²) in [5, 5.41) is 31.5. The van der Waals surface area contributed by atoms with Gasteiger partial charge in [-0.05, 0) is 11.8 Å². The van der Waals surface area contributed by atoms with E-state index in [9.17, 15) is 20.0 Å². The number of nitro groups is 1. The Balaban J connectivity index is 2.94. The average molecular weight is 258 g/mol. The quantitative estimate of drug-likeness (QED) is 0.465. The second-order valence-electron chi connectivity index (χ2n) is 5.24. The maximum Gasteiger partial charge on any atom is 0.330 e. The van der Waals surface area contributed by atoms with E-state index < -0.39 is 29.1 Å². The molecule has 18 heavy (non-hydrogen) atoms. The third kappa shape index (κ3) is 3.51. The van der Waals surface area contributed by atoms with E-state index >= 15 is 0 Å². The molecule has 0 aromatic carbocycles. The minimum atomic E-state index is -1.01. The van der Waals surface area contributed by atoms with Crippen LogP contribution in [0.15, 0.2) is 11.4 Å². The molecular formula is C11H18N2O5. The van der Waals surface area contributed by atoms with E-state index in [4.69, 9.17) is 5.11 Å². The Kier molecular flexibility index (Phi) is 4.42. The smallest absolute Gasteiger partial charge is 0.330 e. The molecule has 102 valence electrons. The van der Waals surface area contributed by atoms with E-state index in [0.29, 0.717) is 6.42 Å². The maximum atomic E-state index is 11.7. The van der Waals surface area contributed by atoms with Crippen LogP contribution in [0.4, 0.5) is 0 Å². The molecule has 0 saturated heterocycles. The SMILES string of the molecule is CC1(C)CC(=O)C([N+](=O)[O-])=C(NC[C@@H](O)CO)C1. The molecule has 1 aliphatic rings. The third-order valence-electron chi connectivity index (χ3n) is 2.79. The average Bonchev–Trinajstić information content (AvgIpc) is 2.22. The van der Waals surface area contributed by atoms with Crippen LogP contribution in [0.5, 0.6) is 0 Å². The molecule has 0 amide bonds. The molecule has 0 aromatic heterocycles. The van der Waals surface area contributed by atoms with Gasteiger partial charge in [0.1, 0.15) is 0 Å². The Hall–Kier alpha value is -1.47. The lowest BCUT2D eigenvalue weighted by Gasteiger charge is -2.29. The molecule has 0 radical (unpaired) electrons. The van der Waals surface area contributed by atoms with Gasteiger partial charge in [0, 0.05) is 13.0 Å². The first kappa shape index (κ1) is 14.6. The number of aliphatic hydroxyl groups excluding tert-OH is 2. The molecule has 0 spiro atoms. The lowest BCUT2D eigenvalue weighted by Crippen LogP contribution is -2.37. The summed E-state index contributed by atoms with van der Waals surface area (Å²) in [7, 11) is 0. The topological polar surface area (TPSA) is 113 Å². The zero-order valence-corrected chi connectivity index (χ0v) is 10.5. The molecule has 0 fully saturated rings. The van der Waals surface area contributed by atoms with Crippen molar-refractivity contribution in [2.75, 3.05) is 13.2 Å². The van der Waals surface area contributed by atoms with Crippen LogP contribution in [0.3, 0.4) is 0 Å². The van der Waals surface area contributed by atoms with E-state index in [1.165, 1.54) is 0 Å². The number of rotatable bonds is 5. The molecule has 3 N–H and O–H groups in total. The predicted octanol–water partition coefficient (Wildman–Crippen LogP) is -0.193. The molecule has 0 heterocycles. The van der Waals surface area contributed by atoms with Gasteiger partial charge in [-0.1, -0.05) is 13.8 Å². The minimum Gasteiger partial charge on any atom is -0.394 e. The van der Waals surface area contributed by atoms with Gasteiger partial charge in [-0.3, -0.25) is 14.9 Å². The molecule has 0 unspecified atom stereocenters. The Morgan fingerprint density at radius 1 is 1.50 bits per heavy atom. The Morgan fingerprint density at radius 3 is 2.61 bits per heavy atom. The number of hydrogen-bond donors (Lipinski definition) is 3. The van der Waals surface area contributed by atoms with Crippen molar-refractivity contribution < 1.29 is 19.9 Å². The first-order valence-electron chi connectivity index (χ1n) is 5.70. The van der Waals surface area contributed by atoms with Crippen LogP contribution >= 0.6 is 0 Å². The number of ketones is 1. The fourth-order valence-electron chi connectivity index (χ4n) is 1.98. The van der Waals surface area contributed by atoms with Crippen LogP contribution in [-0.2, 0) is 4.79 Å². The zero-order chi connectivity index (χ0) is 13.9. The number of carbonyl (C=O) groups excluding carboxylic acids is 1. The Bertz CT molecular complexity index is 389. The zero-order valence-electron chi connectivity index (χ0n) is 10.5. The van der Waals surface area contributed by atoms with E-state index in [1.807, 2.05) is 13.8 Å². The van der Waals surface area contributed by atoms with Crippen LogP contribution in [0.25, 0.3) is 0 Å². The second kappa shape index (κ2) is 5.45. The molecule has 7 nitrogen and oxygen atoms in total. The number of nitrogens with zero attached hydrogens (tertiary/aromatic N) is 1. The number of aliphatic hydroxyl groups is 2. The first-order chi connectivity index (χ1) is 8.26. The van der Waals surface area contributed by atoms with Gasteiger partial charge in [0.05, 0.1) is 23.3 Å². The van der Waals surface area contributed by atoms with Gasteiger partial charge < -0.3 is 15.5 Å². The number of carbonyl (C=O) groups is 1. The predicted molar refractivity (Wildman–Crippen MR) is 63.1 cm³/mol. The summed E-state index contributed by atoms with van der Waals surface area (Å²) < 4.78 is 0. The highest BCUT2D eigenvalue weighted by atomic mass is 16.6. The minimum absolute atomic E-state index is 0.0213. The highest BCUT2D eigenvalue weighted by Gasteiger charge is 2.39. The van der Waals surface area contributed by atoms with Gasteiger partial charge >= 0.3 is 5.70 Å². The summed E-state index contributed by atoms with van der Waals surface area (Å²) in [5.74, 6) is -0.503. The first-order valence-corrected chi connectivity index (χ1v) is 5.70. The second-order valence-corrected chi connectivity index (χ2v) is 5.24. The van der Waals surface area contributed by atoms with E-state index in [2.05, 4.69) is 5.32 Å². The van der Waals surface area contributed by atoms with Gasteiger partial charge in [-0.25, -0.2) is 0 Å². The maximum absolute atomic E-state index is 11.7. The molecule has 1 aliphatic carbocycles. The van der Waals surface area contributed by atoms with Crippen molar-refractivity contribution in [1.82, 2.24) is 5.32 Å². The Labute approximate surface area is 105 Å². The number of Topliss-reactive ketones (excluding diaryl/α,β-unsaturated/α-hetero) is 1. The molecule has 0 saturated carbocycles. The van der Waals surface area contributed by atoms with E-state index in [-0.39, 0.29) is 24.1 Å². The van der Waals surface area contributed by atoms with Crippen molar-refractivity contribution in [1.29, 1.82) is 0 Å². The van der Waals surface area contributed by atoms with Crippen LogP contribution < -0.4 is 5.32 Å². The summed E-state index contributed by atoms with van der Waals surface area (Å²) in [6.07, 6.45) is -0.504. The molecule has 0 aromatic rings. The van der Waals surface area contributed by atoms with Gasteiger partial charge in [0.2, 0.25) is 5.78 Å². The molecule has 1 atom stereocenters. The largest absolute Gasteiger partial charge is 0.394 e. The summed E-state index contributed by atoms with van der Waals surface area (Å²) in [4.78, 5) is 21.9. The van der Waals surface area contributed by atoms with Crippen molar-refractivity contribution in [3.8, 4) is 0 Å². The van der Waals surface area contributed by atoms with Crippen LogP contribution in [0.1, 0.15) is 26.7 Å². The highest BCUT2D eigenvalue weighted by Crippen LogP contribution is 2.35. The summed E-state index contributed by atoms with van der Waals surface area (Å²) in [6.45, 7) is 3.25. The number of allylic oxidation sites excluding steroid dienone is 2. The molecule has 1 rings (SSSR count). The van der Waals surface area contributed by atoms with Crippen LogP contribution in [-0.4, -0.2) is 40.2 Å². The Morgan fingerprint density at radius 2 is 2.11 bits per heavy atom. The summed E-state index contributed by atoms with van der Waals surface area (Å²) in [5.41, 5.74) is -0.545. The monoisotopic (exact) mass is 258 g/mol. The van der Waals surface area contributed by atoms with E-state index in [0.717, 1.165) is 0 Å². The van der Waals surface area contributed by atoms with Crippen molar-refractivity contribution in [3.63, 3.8) is 0 Å². The van der Waals surface area contributed by atoms with Crippen LogP contribution in [0.2, 0.25) is 0 Å². The number of nitrogens with one attached hydrogen (secondary N) is 1. The lowest BCUT2D eigenvalue weighted by atomic mass is 9.77. The summed E-state index contributed by atoms with van der Waals surface area (Å²) in [6, 6.07) is 0. The van der Waals surface area contributed by atoms with E-state index in [1.54, 1.807) is 0 Å². The molecule has 0 bridgehead atoms. The molecular weight excluding hydrogens is 240 g/mol. The lowest BCUT2D eigenvalue weighted by molar-refractivity contribution is -0.421. The molecule has 0 aliphatic heterocycles. The highest BCUT2D eigenvalue weighted by molar-refractivity contribution is 5.95. The number of hydrogen-bond acceptors (Lipinski definition) is 6. The van der Waals surface area contributed by atoms with Gasteiger partial charge in [0.25, 0.3) is 0 Å². The third-order valence-corrected chi connectivity index (χ3v) is 2.79. The van der Waals surface area contributed by atoms with Gasteiger partial charge in [-0.2, -0.15) is 0 Å². The fourth-order valence-corrected chi connectivity index (χ4v) is 1.98. The van der Waals surface area contributed by atoms with Crippen molar-refractivity contribution >= 4 is 5.78 Å². The van der Waals surface area contributed by atoms with Crippen molar-refractivity contribution in [2.24, 2.45) is 5.41 Å². The van der Waals surface area contributed by atoms with Crippen molar-refractivity contribution in [3.05, 3.63) is 21.5 Å². The molecule has 7 heteroatoms. The van der Waals surface area contributed by atoms with Gasteiger partial charge in [-0.15, -0.1) is 0 Å². The van der Waals surface area contributed by atoms with Gasteiger partial charge in [0.15, 0.2) is 0 Å². The van der Waals surface area contributed by atoms with Crippen molar-refractivity contribution in [2.45, 2.75) is 32.8 Å². The summed E-state index contributed by atoms with van der Waals surface area (Å²) >= 11 is 0. The van der Waals surface area contributed by atoms with Crippen LogP contribution in [0, 0.1) is 15.5 Å².